The summed E-state index contributed by atoms with van der Waals surface area (Å²) in [6.07, 6.45) is 4.81. The molecule has 7 heteroatoms. The molecule has 1 aliphatic rings. The Morgan fingerprint density at radius 1 is 1.40 bits per heavy atom. The maximum Gasteiger partial charge on any atom is 0.310 e. The number of carbonyl (C=O) groups is 1. The molecular formula is C13H18N2O4S. The highest BCUT2D eigenvalue weighted by atomic mass is 32.2. The Kier molecular flexibility index (Phi) is 4.27. The molecule has 0 bridgehead atoms. The van der Waals surface area contributed by atoms with Crippen molar-refractivity contribution in [3.63, 3.8) is 0 Å². The molecule has 1 aromatic rings. The van der Waals surface area contributed by atoms with E-state index in [1.807, 2.05) is 6.92 Å². The van der Waals surface area contributed by atoms with Gasteiger partial charge in [0.15, 0.2) is 0 Å². The Morgan fingerprint density at radius 2 is 2.15 bits per heavy atom. The largest absolute Gasteiger partial charge is 0.469 e. The summed E-state index contributed by atoms with van der Waals surface area (Å²) < 4.78 is 32.0. The first-order valence-corrected chi connectivity index (χ1v) is 8.00. The summed E-state index contributed by atoms with van der Waals surface area (Å²) in [5, 5.41) is -0.740. The fourth-order valence-corrected chi connectivity index (χ4v) is 4.32. The van der Waals surface area contributed by atoms with Crippen molar-refractivity contribution < 1.29 is 17.9 Å². The molecule has 0 radical (unpaired) electrons. The van der Waals surface area contributed by atoms with Gasteiger partial charge >= 0.3 is 5.97 Å². The first kappa shape index (κ1) is 14.8. The minimum Gasteiger partial charge on any atom is -0.469 e. The topological polar surface area (TPSA) is 85.4 Å². The number of methoxy groups -OCH3 is 1. The number of nitrogens with zero attached hydrogens (tertiary/aromatic N) is 1. The number of sulfonamides is 1. The summed E-state index contributed by atoms with van der Waals surface area (Å²) in [6.45, 7) is 1.83. The highest BCUT2D eigenvalue weighted by Crippen LogP contribution is 2.32. The van der Waals surface area contributed by atoms with Crippen molar-refractivity contribution in [3.05, 3.63) is 24.0 Å². The second kappa shape index (κ2) is 5.78. The molecule has 1 fully saturated rings. The maximum absolute atomic E-state index is 12.4. The van der Waals surface area contributed by atoms with Crippen LogP contribution >= 0.6 is 0 Å². The number of hydrogen-bond donors (Lipinski definition) is 1. The number of nitrogens with one attached hydrogen (secondary N) is 1. The van der Waals surface area contributed by atoms with Gasteiger partial charge in [-0.15, -0.1) is 0 Å². The molecule has 1 saturated carbocycles. The fourth-order valence-electron chi connectivity index (χ4n) is 2.57. The third-order valence-corrected chi connectivity index (χ3v) is 5.37. The zero-order valence-corrected chi connectivity index (χ0v) is 12.3. The van der Waals surface area contributed by atoms with Crippen LogP contribution in [0.4, 0.5) is 5.69 Å². The highest BCUT2D eigenvalue weighted by Gasteiger charge is 2.42. The lowest BCUT2D eigenvalue weighted by Crippen LogP contribution is -2.35. The van der Waals surface area contributed by atoms with Gasteiger partial charge in [-0.25, -0.2) is 8.42 Å². The number of anilines is 1. The van der Waals surface area contributed by atoms with Gasteiger partial charge in [-0.05, 0) is 31.4 Å². The lowest BCUT2D eigenvalue weighted by molar-refractivity contribution is -0.145. The zero-order valence-electron chi connectivity index (χ0n) is 11.5. The number of ether oxygens (including phenoxy) is 1. The quantitative estimate of drug-likeness (QED) is 0.851. The smallest absolute Gasteiger partial charge is 0.310 e. The van der Waals surface area contributed by atoms with E-state index in [2.05, 4.69) is 14.4 Å². The molecule has 20 heavy (non-hydrogen) atoms. The predicted octanol–water partition coefficient (Wildman–Crippen LogP) is 1.47. The molecule has 1 N–H and O–H groups in total. The Hall–Kier alpha value is -1.63. The summed E-state index contributed by atoms with van der Waals surface area (Å²) in [6, 6.07) is 1.70. The second-order valence-corrected chi connectivity index (χ2v) is 6.90. The van der Waals surface area contributed by atoms with Crippen LogP contribution in [0, 0.1) is 12.8 Å². The molecule has 0 amide bonds. The van der Waals surface area contributed by atoms with Crippen molar-refractivity contribution in [2.45, 2.75) is 31.4 Å². The zero-order chi connectivity index (χ0) is 14.8. The Morgan fingerprint density at radius 3 is 2.80 bits per heavy atom. The van der Waals surface area contributed by atoms with E-state index in [9.17, 15) is 13.2 Å². The van der Waals surface area contributed by atoms with E-state index < -0.39 is 27.2 Å². The minimum atomic E-state index is -3.62. The van der Waals surface area contributed by atoms with Gasteiger partial charge in [0.2, 0.25) is 10.0 Å². The molecule has 0 aliphatic heterocycles. The van der Waals surface area contributed by atoms with Gasteiger partial charge in [-0.2, -0.15) is 0 Å². The third kappa shape index (κ3) is 3.09. The number of aromatic nitrogens is 1. The first-order valence-electron chi connectivity index (χ1n) is 6.45. The average molecular weight is 298 g/mol. The van der Waals surface area contributed by atoms with Gasteiger partial charge in [0, 0.05) is 6.20 Å². The normalized spacial score (nSPS) is 22.5. The standard InChI is InChI=1S/C13H18N2O4S/c1-9-6-10(8-14-7-9)15-20(17,18)12-5-3-4-11(12)13(16)19-2/h6-8,11-12,15H,3-5H2,1-2H3. The number of rotatable bonds is 4. The van der Waals surface area contributed by atoms with Gasteiger partial charge in [0.05, 0.1) is 30.2 Å². The summed E-state index contributed by atoms with van der Waals surface area (Å²) in [4.78, 5) is 15.6. The van der Waals surface area contributed by atoms with Crippen molar-refractivity contribution in [1.82, 2.24) is 4.98 Å². The van der Waals surface area contributed by atoms with Crippen LogP contribution in [0.25, 0.3) is 0 Å². The Labute approximate surface area is 118 Å². The number of pyridine rings is 1. The third-order valence-electron chi connectivity index (χ3n) is 3.49. The molecule has 2 unspecified atom stereocenters. The van der Waals surface area contributed by atoms with E-state index >= 15 is 0 Å². The predicted molar refractivity (Wildman–Crippen MR) is 74.7 cm³/mol. The highest BCUT2D eigenvalue weighted by molar-refractivity contribution is 7.93. The van der Waals surface area contributed by atoms with Gasteiger partial charge in [-0.3, -0.25) is 14.5 Å². The van der Waals surface area contributed by atoms with Gasteiger partial charge in [0.25, 0.3) is 0 Å². The molecule has 0 saturated heterocycles. The Bertz CT molecular complexity index is 600. The van der Waals surface area contributed by atoms with Crippen LogP contribution in [0.3, 0.4) is 0 Å². The molecular weight excluding hydrogens is 280 g/mol. The van der Waals surface area contributed by atoms with E-state index in [4.69, 9.17) is 0 Å². The van der Waals surface area contributed by atoms with Crippen LogP contribution < -0.4 is 4.72 Å². The molecule has 0 spiro atoms. The molecule has 6 nitrogen and oxygen atoms in total. The Balaban J connectivity index is 2.19. The van der Waals surface area contributed by atoms with Gasteiger partial charge in [0.1, 0.15) is 0 Å². The SMILES string of the molecule is COC(=O)C1CCCC1S(=O)(=O)Nc1cncc(C)c1. The van der Waals surface area contributed by atoms with E-state index in [1.165, 1.54) is 13.3 Å². The lowest BCUT2D eigenvalue weighted by Gasteiger charge is -2.19. The number of aryl methyl sites for hydroxylation is 1. The monoisotopic (exact) mass is 298 g/mol. The summed E-state index contributed by atoms with van der Waals surface area (Å²) in [7, 11) is -2.34. The molecule has 1 aromatic heterocycles. The van der Waals surface area contributed by atoms with Crippen molar-refractivity contribution in [1.29, 1.82) is 0 Å². The molecule has 2 atom stereocenters. The van der Waals surface area contributed by atoms with E-state index in [1.54, 1.807) is 12.3 Å². The van der Waals surface area contributed by atoms with Crippen molar-refractivity contribution in [3.8, 4) is 0 Å². The van der Waals surface area contributed by atoms with Crippen LogP contribution in [0.5, 0.6) is 0 Å². The first-order chi connectivity index (χ1) is 9.44. The van der Waals surface area contributed by atoms with E-state index in [0.29, 0.717) is 24.9 Å². The fraction of sp³-hybridized carbons (Fsp3) is 0.538. The van der Waals surface area contributed by atoms with Gasteiger partial charge < -0.3 is 4.74 Å². The van der Waals surface area contributed by atoms with Crippen LogP contribution in [-0.2, 0) is 19.6 Å². The maximum atomic E-state index is 12.4. The minimum absolute atomic E-state index is 0.417. The summed E-state index contributed by atoms with van der Waals surface area (Å²) >= 11 is 0. The van der Waals surface area contributed by atoms with Crippen LogP contribution in [0.15, 0.2) is 18.5 Å². The molecule has 110 valence electrons. The van der Waals surface area contributed by atoms with Crippen LogP contribution in [0.1, 0.15) is 24.8 Å². The molecule has 2 rings (SSSR count). The van der Waals surface area contributed by atoms with Crippen LogP contribution in [-0.4, -0.2) is 31.7 Å². The molecule has 1 heterocycles. The van der Waals surface area contributed by atoms with Crippen molar-refractivity contribution in [2.24, 2.45) is 5.92 Å². The van der Waals surface area contributed by atoms with E-state index in [0.717, 1.165) is 5.56 Å². The second-order valence-electron chi connectivity index (χ2n) is 5.00. The number of hydrogen-bond acceptors (Lipinski definition) is 5. The summed E-state index contributed by atoms with van der Waals surface area (Å²) in [5.41, 5.74) is 1.28. The van der Waals surface area contributed by atoms with Crippen molar-refractivity contribution >= 4 is 21.7 Å². The van der Waals surface area contributed by atoms with Crippen molar-refractivity contribution in [2.75, 3.05) is 11.8 Å². The van der Waals surface area contributed by atoms with E-state index in [-0.39, 0.29) is 0 Å². The van der Waals surface area contributed by atoms with Crippen LogP contribution in [0.2, 0.25) is 0 Å². The molecule has 1 aliphatic carbocycles. The summed E-state index contributed by atoms with van der Waals surface area (Å²) in [5.74, 6) is -1.05. The molecule has 0 aromatic carbocycles. The average Bonchev–Trinajstić information content (AvgIpc) is 2.87. The number of esters is 1. The number of carbonyl (C=O) groups excluding carboxylic acids is 1. The lowest BCUT2D eigenvalue weighted by atomic mass is 10.1. The van der Waals surface area contributed by atoms with Gasteiger partial charge in [-0.1, -0.05) is 6.42 Å².